The molecule has 1 aromatic rings. The van der Waals surface area contributed by atoms with Crippen LogP contribution in [0.1, 0.15) is 33.3 Å². The third-order valence-electron chi connectivity index (χ3n) is 4.94. The normalized spacial score (nSPS) is 20.6. The fraction of sp³-hybridized carbons (Fsp3) is 0.600. The lowest BCUT2D eigenvalue weighted by Crippen LogP contribution is -2.56. The molecule has 6 nitrogen and oxygen atoms in total. The summed E-state index contributed by atoms with van der Waals surface area (Å²) in [5, 5.41) is 0. The molecule has 2 aliphatic heterocycles. The van der Waals surface area contributed by atoms with Crippen LogP contribution in [0.25, 0.3) is 0 Å². The van der Waals surface area contributed by atoms with Crippen LogP contribution in [0.3, 0.4) is 0 Å². The van der Waals surface area contributed by atoms with Crippen LogP contribution >= 0.6 is 15.9 Å². The summed E-state index contributed by atoms with van der Waals surface area (Å²) in [6.45, 7) is 10.6. The average molecular weight is 438 g/mol. The number of carbonyl (C=O) groups excluding carboxylic acids is 2. The number of amides is 2. The largest absolute Gasteiger partial charge is 0.444 e. The molecule has 7 heteroatoms. The number of fused-ring (bicyclic) bond motifs is 1. The fourth-order valence-electron chi connectivity index (χ4n) is 3.66. The van der Waals surface area contributed by atoms with Crippen molar-refractivity contribution in [2.45, 2.75) is 45.8 Å². The highest BCUT2D eigenvalue weighted by molar-refractivity contribution is 9.10. The van der Waals surface area contributed by atoms with Crippen LogP contribution in [0.15, 0.2) is 22.7 Å². The van der Waals surface area contributed by atoms with Crippen molar-refractivity contribution in [1.82, 2.24) is 9.80 Å². The van der Waals surface area contributed by atoms with Gasteiger partial charge in [0.05, 0.1) is 6.54 Å². The second-order valence-electron chi connectivity index (χ2n) is 8.33. The molecular formula is C20H28BrN3O3. The number of hydrogen-bond acceptors (Lipinski definition) is 4. The fourth-order valence-corrected chi connectivity index (χ4v) is 4.01. The molecule has 1 aromatic carbocycles. The van der Waals surface area contributed by atoms with E-state index in [1.54, 1.807) is 4.90 Å². The number of ether oxygens (including phenoxy) is 1. The molecule has 2 amide bonds. The maximum absolute atomic E-state index is 12.9. The maximum Gasteiger partial charge on any atom is 0.410 e. The number of rotatable bonds is 2. The van der Waals surface area contributed by atoms with Crippen molar-refractivity contribution in [3.8, 4) is 0 Å². The molecule has 0 N–H and O–H groups in total. The molecular weight excluding hydrogens is 410 g/mol. The Labute approximate surface area is 169 Å². The molecule has 148 valence electrons. The minimum atomic E-state index is -0.499. The standard InChI is InChI=1S/C20H28BrN3O3/c1-14-12-22(9-10-23(14)19(26)27-20(2,3)4)13-18(25)24-8-7-15-5-6-16(21)11-17(15)24/h5-6,11,14H,7-10,12-13H2,1-4H3. The van der Waals surface area contributed by atoms with Gasteiger partial charge < -0.3 is 14.5 Å². The zero-order valence-electron chi connectivity index (χ0n) is 16.5. The molecule has 2 heterocycles. The van der Waals surface area contributed by atoms with E-state index >= 15 is 0 Å². The first-order valence-corrected chi connectivity index (χ1v) is 10.2. The van der Waals surface area contributed by atoms with Crippen molar-refractivity contribution >= 4 is 33.6 Å². The van der Waals surface area contributed by atoms with E-state index in [2.05, 4.69) is 26.9 Å². The zero-order chi connectivity index (χ0) is 19.8. The predicted molar refractivity (Wildman–Crippen MR) is 109 cm³/mol. The van der Waals surface area contributed by atoms with Gasteiger partial charge in [-0.2, -0.15) is 0 Å². The van der Waals surface area contributed by atoms with Gasteiger partial charge in [-0.25, -0.2) is 4.79 Å². The summed E-state index contributed by atoms with van der Waals surface area (Å²) in [6.07, 6.45) is 0.622. The highest BCUT2D eigenvalue weighted by atomic mass is 79.9. The summed E-state index contributed by atoms with van der Waals surface area (Å²) in [6, 6.07) is 6.13. The van der Waals surface area contributed by atoms with Crippen LogP contribution in [-0.4, -0.2) is 66.2 Å². The molecule has 0 aliphatic carbocycles. The molecule has 1 saturated heterocycles. The second kappa shape index (κ2) is 7.80. The van der Waals surface area contributed by atoms with Crippen LogP contribution in [0.5, 0.6) is 0 Å². The quantitative estimate of drug-likeness (QED) is 0.712. The van der Waals surface area contributed by atoms with E-state index in [1.165, 1.54) is 5.56 Å². The van der Waals surface area contributed by atoms with E-state index in [4.69, 9.17) is 4.74 Å². The predicted octanol–water partition coefficient (Wildman–Crippen LogP) is 3.28. The van der Waals surface area contributed by atoms with Crippen molar-refractivity contribution < 1.29 is 14.3 Å². The van der Waals surface area contributed by atoms with Gasteiger partial charge in [0, 0.05) is 42.4 Å². The molecule has 3 rings (SSSR count). The first kappa shape index (κ1) is 20.1. The molecule has 0 spiro atoms. The third-order valence-corrected chi connectivity index (χ3v) is 5.44. The Hall–Kier alpha value is -1.60. The van der Waals surface area contributed by atoms with Crippen molar-refractivity contribution in [2.75, 3.05) is 37.6 Å². The van der Waals surface area contributed by atoms with Crippen molar-refractivity contribution in [3.63, 3.8) is 0 Å². The van der Waals surface area contributed by atoms with Gasteiger partial charge in [0.15, 0.2) is 0 Å². The lowest BCUT2D eigenvalue weighted by atomic mass is 10.2. The van der Waals surface area contributed by atoms with Gasteiger partial charge in [0.2, 0.25) is 5.91 Å². The number of hydrogen-bond donors (Lipinski definition) is 0. The van der Waals surface area contributed by atoms with Crippen LogP contribution in [-0.2, 0) is 16.0 Å². The number of piperazine rings is 1. The summed E-state index contributed by atoms with van der Waals surface area (Å²) < 4.78 is 6.47. The van der Waals surface area contributed by atoms with Gasteiger partial charge in [-0.1, -0.05) is 22.0 Å². The highest BCUT2D eigenvalue weighted by Gasteiger charge is 2.33. The monoisotopic (exact) mass is 437 g/mol. The average Bonchev–Trinajstić information content (AvgIpc) is 2.96. The van der Waals surface area contributed by atoms with E-state index in [-0.39, 0.29) is 18.0 Å². The summed E-state index contributed by atoms with van der Waals surface area (Å²) >= 11 is 3.49. The van der Waals surface area contributed by atoms with Gasteiger partial charge in [-0.05, 0) is 51.8 Å². The van der Waals surface area contributed by atoms with Crippen LogP contribution in [0, 0.1) is 0 Å². The SMILES string of the molecule is CC1CN(CC(=O)N2CCc3ccc(Br)cc32)CCN1C(=O)OC(C)(C)C. The Bertz CT molecular complexity index is 732. The van der Waals surface area contributed by atoms with E-state index < -0.39 is 5.60 Å². The molecule has 0 aromatic heterocycles. The van der Waals surface area contributed by atoms with Gasteiger partial charge in [0.25, 0.3) is 0 Å². The summed E-state index contributed by atoms with van der Waals surface area (Å²) in [5.41, 5.74) is 1.73. The molecule has 2 aliphatic rings. The minimum absolute atomic E-state index is 0.0152. The topological polar surface area (TPSA) is 53.1 Å². The van der Waals surface area contributed by atoms with Gasteiger partial charge in [-0.15, -0.1) is 0 Å². The smallest absolute Gasteiger partial charge is 0.410 e. The maximum atomic E-state index is 12.9. The number of carbonyl (C=O) groups is 2. The van der Waals surface area contributed by atoms with E-state index in [1.807, 2.05) is 44.7 Å². The second-order valence-corrected chi connectivity index (χ2v) is 9.24. The minimum Gasteiger partial charge on any atom is -0.444 e. The van der Waals surface area contributed by atoms with Crippen LogP contribution < -0.4 is 4.90 Å². The van der Waals surface area contributed by atoms with Crippen molar-refractivity contribution in [3.05, 3.63) is 28.2 Å². The molecule has 1 unspecified atom stereocenters. The Kier molecular flexibility index (Phi) is 5.82. The Morgan fingerprint density at radius 1 is 1.22 bits per heavy atom. The molecule has 1 atom stereocenters. The Balaban J connectivity index is 1.57. The first-order chi connectivity index (χ1) is 12.6. The van der Waals surface area contributed by atoms with Crippen LogP contribution in [0.4, 0.5) is 10.5 Å². The molecule has 0 radical (unpaired) electrons. The summed E-state index contributed by atoms with van der Waals surface area (Å²) in [7, 11) is 0. The van der Waals surface area contributed by atoms with Crippen molar-refractivity contribution in [1.29, 1.82) is 0 Å². The van der Waals surface area contributed by atoms with E-state index in [9.17, 15) is 9.59 Å². The van der Waals surface area contributed by atoms with Crippen molar-refractivity contribution in [2.24, 2.45) is 0 Å². The molecule has 27 heavy (non-hydrogen) atoms. The zero-order valence-corrected chi connectivity index (χ0v) is 18.1. The van der Waals surface area contributed by atoms with Gasteiger partial charge in [-0.3, -0.25) is 9.69 Å². The lowest BCUT2D eigenvalue weighted by molar-refractivity contribution is -0.120. The highest BCUT2D eigenvalue weighted by Crippen LogP contribution is 2.31. The number of halogens is 1. The van der Waals surface area contributed by atoms with Gasteiger partial charge in [0.1, 0.15) is 5.60 Å². The Morgan fingerprint density at radius 3 is 2.63 bits per heavy atom. The van der Waals surface area contributed by atoms with Gasteiger partial charge >= 0.3 is 6.09 Å². The third kappa shape index (κ3) is 4.82. The lowest BCUT2D eigenvalue weighted by Gasteiger charge is -2.40. The molecule has 0 bridgehead atoms. The number of anilines is 1. The Morgan fingerprint density at radius 2 is 1.96 bits per heavy atom. The first-order valence-electron chi connectivity index (χ1n) is 9.45. The van der Waals surface area contributed by atoms with Crippen LogP contribution in [0.2, 0.25) is 0 Å². The van der Waals surface area contributed by atoms with E-state index in [0.29, 0.717) is 26.2 Å². The van der Waals surface area contributed by atoms with E-state index in [0.717, 1.165) is 23.1 Å². The summed E-state index contributed by atoms with van der Waals surface area (Å²) in [5.74, 6) is 0.116. The molecule has 0 saturated carbocycles. The number of nitrogens with zero attached hydrogens (tertiary/aromatic N) is 3. The molecule has 1 fully saturated rings. The summed E-state index contributed by atoms with van der Waals surface area (Å²) in [4.78, 5) is 31.0. The number of benzene rings is 1.